The zero-order chi connectivity index (χ0) is 17.9. The van der Waals surface area contributed by atoms with Crippen LogP contribution >= 0.6 is 0 Å². The molecule has 0 saturated carbocycles. The highest BCUT2D eigenvalue weighted by Crippen LogP contribution is 2.28. The third-order valence-corrected chi connectivity index (χ3v) is 5.19. The van der Waals surface area contributed by atoms with E-state index in [2.05, 4.69) is 43.8 Å². The number of aryl methyl sites for hydroxylation is 1. The Morgan fingerprint density at radius 2 is 2.19 bits per heavy atom. The second-order valence-electron chi connectivity index (χ2n) is 6.67. The lowest BCUT2D eigenvalue weighted by Gasteiger charge is -2.40. The number of imidazole rings is 1. The minimum Gasteiger partial charge on any atom is -0.374 e. The molecule has 0 spiro atoms. The van der Waals surface area contributed by atoms with Gasteiger partial charge in [0.05, 0.1) is 24.4 Å². The molecular formula is C19H26N6O. The number of nitrogens with zero attached hydrogens (tertiary/aromatic N) is 5. The number of hydrogen-bond acceptors (Lipinski definition) is 5. The van der Waals surface area contributed by atoms with Gasteiger partial charge in [-0.2, -0.15) is 5.10 Å². The predicted molar refractivity (Wildman–Crippen MR) is 99.8 cm³/mol. The van der Waals surface area contributed by atoms with Gasteiger partial charge >= 0.3 is 0 Å². The topological polar surface area (TPSA) is 59.6 Å². The average Bonchev–Trinajstić information content (AvgIpc) is 3.30. The van der Waals surface area contributed by atoms with Gasteiger partial charge < -0.3 is 14.5 Å². The molecule has 26 heavy (non-hydrogen) atoms. The molecular weight excluding hydrogens is 328 g/mol. The van der Waals surface area contributed by atoms with Gasteiger partial charge in [-0.1, -0.05) is 13.0 Å². The van der Waals surface area contributed by atoms with E-state index in [0.29, 0.717) is 0 Å². The first-order valence-electron chi connectivity index (χ1n) is 9.23. The summed E-state index contributed by atoms with van der Waals surface area (Å²) in [6.45, 7) is 6.50. The molecule has 4 heterocycles. The van der Waals surface area contributed by atoms with E-state index in [1.165, 1.54) is 11.4 Å². The molecule has 1 fully saturated rings. The van der Waals surface area contributed by atoms with Crippen LogP contribution in [0.2, 0.25) is 0 Å². The van der Waals surface area contributed by atoms with Gasteiger partial charge in [0.25, 0.3) is 0 Å². The molecule has 0 unspecified atom stereocenters. The van der Waals surface area contributed by atoms with Crippen molar-refractivity contribution in [2.24, 2.45) is 7.05 Å². The fourth-order valence-electron chi connectivity index (χ4n) is 3.86. The van der Waals surface area contributed by atoms with Crippen molar-refractivity contribution in [3.63, 3.8) is 0 Å². The minimum atomic E-state index is 0.0982. The summed E-state index contributed by atoms with van der Waals surface area (Å²) in [4.78, 5) is 6.82. The van der Waals surface area contributed by atoms with Crippen LogP contribution in [0.1, 0.15) is 24.4 Å². The summed E-state index contributed by atoms with van der Waals surface area (Å²) >= 11 is 0. The van der Waals surface area contributed by atoms with Crippen molar-refractivity contribution in [2.75, 3.05) is 26.2 Å². The number of fused-ring (bicyclic) bond motifs is 1. The van der Waals surface area contributed by atoms with Gasteiger partial charge in [-0.25, -0.2) is 4.98 Å². The second kappa shape index (κ2) is 7.57. The zero-order valence-electron chi connectivity index (χ0n) is 15.4. The Labute approximate surface area is 153 Å². The Morgan fingerprint density at radius 3 is 3.00 bits per heavy atom. The lowest BCUT2D eigenvalue weighted by molar-refractivity contribution is -0.0718. The highest BCUT2D eigenvalue weighted by Gasteiger charge is 2.34. The monoisotopic (exact) mass is 354 g/mol. The number of rotatable bonds is 6. The molecule has 0 aromatic carbocycles. The van der Waals surface area contributed by atoms with Crippen molar-refractivity contribution in [3.8, 4) is 0 Å². The first-order chi connectivity index (χ1) is 12.8. The number of morpholine rings is 1. The van der Waals surface area contributed by atoms with E-state index in [9.17, 15) is 0 Å². The van der Waals surface area contributed by atoms with Gasteiger partial charge in [0.1, 0.15) is 5.65 Å². The average molecular weight is 354 g/mol. The maximum atomic E-state index is 6.15. The molecule has 0 amide bonds. The summed E-state index contributed by atoms with van der Waals surface area (Å²) in [6.07, 6.45) is 5.80. The Bertz CT molecular complexity index is 856. The standard InChI is InChI=1S/C19H26N6O/c1-3-24-11-12-26-17(19(24)16-7-8-22-23(16)2)14-20-13-15-5-4-6-18-21-9-10-25(15)18/h4-10,17,19-20H,3,11-14H2,1-2H3/t17-,19-/m0/s1. The van der Waals surface area contributed by atoms with Crippen molar-refractivity contribution < 1.29 is 4.74 Å². The SMILES string of the molecule is CCN1CCO[C@@H](CNCc2cccc3nccn23)[C@@H]1c1ccnn1C. The second-order valence-corrected chi connectivity index (χ2v) is 6.67. The highest BCUT2D eigenvalue weighted by atomic mass is 16.5. The van der Waals surface area contributed by atoms with Crippen molar-refractivity contribution in [1.29, 1.82) is 0 Å². The van der Waals surface area contributed by atoms with Crippen LogP contribution in [0.3, 0.4) is 0 Å². The summed E-state index contributed by atoms with van der Waals surface area (Å²) in [5.41, 5.74) is 3.37. The van der Waals surface area contributed by atoms with Gasteiger partial charge in [0.15, 0.2) is 0 Å². The van der Waals surface area contributed by atoms with Crippen molar-refractivity contribution in [3.05, 3.63) is 54.2 Å². The Hall–Kier alpha value is -2.22. The molecule has 3 aromatic rings. The van der Waals surface area contributed by atoms with E-state index in [4.69, 9.17) is 4.74 Å². The summed E-state index contributed by atoms with van der Waals surface area (Å²) in [5, 5.41) is 7.93. The summed E-state index contributed by atoms with van der Waals surface area (Å²) in [7, 11) is 2.00. The number of nitrogens with one attached hydrogen (secondary N) is 1. The molecule has 7 nitrogen and oxygen atoms in total. The number of likely N-dealkylation sites (N-methyl/N-ethyl adjacent to an activating group) is 1. The molecule has 2 atom stereocenters. The quantitative estimate of drug-likeness (QED) is 0.729. The van der Waals surface area contributed by atoms with E-state index in [1.54, 1.807) is 0 Å². The molecule has 0 bridgehead atoms. The normalized spacial score (nSPS) is 21.5. The zero-order valence-corrected chi connectivity index (χ0v) is 15.4. The van der Waals surface area contributed by atoms with Crippen LogP contribution in [0.25, 0.3) is 5.65 Å². The Morgan fingerprint density at radius 1 is 1.27 bits per heavy atom. The van der Waals surface area contributed by atoms with Crippen molar-refractivity contribution in [1.82, 2.24) is 29.4 Å². The van der Waals surface area contributed by atoms with Gasteiger partial charge in [0, 0.05) is 51.0 Å². The van der Waals surface area contributed by atoms with Crippen molar-refractivity contribution >= 4 is 5.65 Å². The number of ether oxygens (including phenoxy) is 1. The fourth-order valence-corrected chi connectivity index (χ4v) is 3.86. The lowest BCUT2D eigenvalue weighted by atomic mass is 10.0. The number of hydrogen-bond donors (Lipinski definition) is 1. The summed E-state index contributed by atoms with van der Waals surface area (Å²) < 4.78 is 10.2. The van der Waals surface area contributed by atoms with Gasteiger partial charge in [-0.15, -0.1) is 0 Å². The first kappa shape index (κ1) is 17.2. The van der Waals surface area contributed by atoms with Crippen LogP contribution in [0.4, 0.5) is 0 Å². The van der Waals surface area contributed by atoms with Crippen LogP contribution in [-0.2, 0) is 18.3 Å². The van der Waals surface area contributed by atoms with E-state index < -0.39 is 0 Å². The van der Waals surface area contributed by atoms with Gasteiger partial charge in [0.2, 0.25) is 0 Å². The van der Waals surface area contributed by atoms with E-state index in [1.807, 2.05) is 42.5 Å². The van der Waals surface area contributed by atoms with Crippen LogP contribution in [0.5, 0.6) is 0 Å². The molecule has 0 aliphatic carbocycles. The third kappa shape index (κ3) is 3.25. The Balaban J connectivity index is 1.47. The molecule has 1 N–H and O–H groups in total. The minimum absolute atomic E-state index is 0.0982. The molecule has 1 saturated heterocycles. The first-order valence-corrected chi connectivity index (χ1v) is 9.23. The molecule has 1 aliphatic rings. The number of pyridine rings is 1. The molecule has 138 valence electrons. The molecule has 4 rings (SSSR count). The molecule has 7 heteroatoms. The fraction of sp³-hybridized carbons (Fsp3) is 0.474. The smallest absolute Gasteiger partial charge is 0.136 e. The van der Waals surface area contributed by atoms with Crippen LogP contribution in [0.15, 0.2) is 42.9 Å². The van der Waals surface area contributed by atoms with Gasteiger partial charge in [-0.3, -0.25) is 9.58 Å². The molecule has 3 aromatic heterocycles. The molecule has 0 radical (unpaired) electrons. The maximum Gasteiger partial charge on any atom is 0.136 e. The predicted octanol–water partition coefficient (Wildman–Crippen LogP) is 1.62. The molecule has 1 aliphatic heterocycles. The van der Waals surface area contributed by atoms with E-state index >= 15 is 0 Å². The van der Waals surface area contributed by atoms with Crippen LogP contribution < -0.4 is 5.32 Å². The largest absolute Gasteiger partial charge is 0.374 e. The number of aromatic nitrogens is 4. The van der Waals surface area contributed by atoms with Gasteiger partial charge in [-0.05, 0) is 24.7 Å². The summed E-state index contributed by atoms with van der Waals surface area (Å²) in [6, 6.07) is 8.51. The lowest BCUT2D eigenvalue weighted by Crippen LogP contribution is -2.49. The van der Waals surface area contributed by atoms with E-state index in [-0.39, 0.29) is 12.1 Å². The summed E-state index contributed by atoms with van der Waals surface area (Å²) in [5.74, 6) is 0. The Kier molecular flexibility index (Phi) is 5.01. The maximum absolute atomic E-state index is 6.15. The van der Waals surface area contributed by atoms with E-state index in [0.717, 1.165) is 38.4 Å². The third-order valence-electron chi connectivity index (χ3n) is 5.19. The van der Waals surface area contributed by atoms with Crippen molar-refractivity contribution in [2.45, 2.75) is 25.6 Å². The van der Waals surface area contributed by atoms with Crippen LogP contribution in [0, 0.1) is 0 Å². The van der Waals surface area contributed by atoms with Crippen LogP contribution in [-0.4, -0.2) is 56.4 Å². The highest BCUT2D eigenvalue weighted by molar-refractivity contribution is 5.39.